The summed E-state index contributed by atoms with van der Waals surface area (Å²) in [5.74, 6) is -0.420. The molecule has 36 heavy (non-hydrogen) atoms. The summed E-state index contributed by atoms with van der Waals surface area (Å²) >= 11 is 12.5. The van der Waals surface area contributed by atoms with Gasteiger partial charge in [0.25, 0.3) is 15.9 Å². The summed E-state index contributed by atoms with van der Waals surface area (Å²) < 4.78 is 27.1. The minimum atomic E-state index is -4.07. The largest absolute Gasteiger partial charge is 0.366 e. The molecule has 1 atom stereocenters. The van der Waals surface area contributed by atoms with Gasteiger partial charge in [-0.3, -0.25) is 4.79 Å². The van der Waals surface area contributed by atoms with E-state index in [-0.39, 0.29) is 13.6 Å². The molecule has 0 bridgehead atoms. The van der Waals surface area contributed by atoms with Gasteiger partial charge in [0.1, 0.15) is 8.55 Å². The molecule has 0 spiro atoms. The Kier molecular flexibility index (Phi) is 6.83. The molecule has 2 heterocycles. The number of hydrogen-bond acceptors (Lipinski definition) is 5. The van der Waals surface area contributed by atoms with Crippen LogP contribution >= 0.6 is 34.5 Å². The number of halogens is 2. The summed E-state index contributed by atoms with van der Waals surface area (Å²) in [7, 11) is -4.07. The van der Waals surface area contributed by atoms with Gasteiger partial charge in [-0.15, -0.1) is 11.3 Å². The Morgan fingerprint density at radius 3 is 2.61 bits per heavy atom. The monoisotopic (exact) mass is 556 g/mol. The Labute approximate surface area is 224 Å². The number of nitrogens with one attached hydrogen (secondary N) is 1. The first-order chi connectivity index (χ1) is 17.2. The van der Waals surface area contributed by atoms with E-state index in [0.717, 1.165) is 35.7 Å². The maximum atomic E-state index is 12.5. The molecule has 1 unspecified atom stereocenters. The maximum absolute atomic E-state index is 12.5. The molecule has 1 aromatic heterocycles. The first-order valence-electron chi connectivity index (χ1n) is 11.3. The molecule has 1 amide bonds. The molecule has 0 aliphatic carbocycles. The highest BCUT2D eigenvalue weighted by atomic mass is 35.5. The van der Waals surface area contributed by atoms with Crippen molar-refractivity contribution in [2.45, 2.75) is 23.6 Å². The number of para-hydroxylation sites is 1. The van der Waals surface area contributed by atoms with Crippen molar-refractivity contribution in [3.8, 4) is 0 Å². The van der Waals surface area contributed by atoms with E-state index >= 15 is 0 Å². The fourth-order valence-corrected chi connectivity index (χ4v) is 7.37. The van der Waals surface area contributed by atoms with Crippen LogP contribution in [0.2, 0.25) is 9.36 Å². The van der Waals surface area contributed by atoms with Crippen LogP contribution in [0.1, 0.15) is 29.5 Å². The van der Waals surface area contributed by atoms with Gasteiger partial charge in [-0.1, -0.05) is 84.7 Å². The Morgan fingerprint density at radius 2 is 1.86 bits per heavy atom. The predicted molar refractivity (Wildman–Crippen MR) is 149 cm³/mol. The van der Waals surface area contributed by atoms with E-state index in [0.29, 0.717) is 5.92 Å². The number of sulfonamides is 1. The molecule has 0 fully saturated rings. The third kappa shape index (κ3) is 5.02. The maximum Gasteiger partial charge on any atom is 0.273 e. The Morgan fingerprint density at radius 1 is 1.08 bits per heavy atom. The summed E-state index contributed by atoms with van der Waals surface area (Å²) in [6.07, 6.45) is 2.89. The molecule has 1 aliphatic rings. The molecule has 0 radical (unpaired) electrons. The second kappa shape index (κ2) is 9.90. The third-order valence-corrected chi connectivity index (χ3v) is 9.85. The predicted octanol–water partition coefficient (Wildman–Crippen LogP) is 6.85. The van der Waals surface area contributed by atoms with Gasteiger partial charge >= 0.3 is 0 Å². The number of anilines is 1. The molecule has 184 valence electrons. The van der Waals surface area contributed by atoms with Gasteiger partial charge in [-0.05, 0) is 45.7 Å². The number of benzene rings is 3. The van der Waals surface area contributed by atoms with E-state index in [1.807, 2.05) is 24.3 Å². The second-order valence-corrected chi connectivity index (χ2v) is 12.7. The minimum absolute atomic E-state index is 0.116. The number of hydrogen-bond donors (Lipinski definition) is 1. The summed E-state index contributed by atoms with van der Waals surface area (Å²) in [4.78, 5) is 14.8. The average molecular weight is 558 g/mol. The molecule has 0 saturated carbocycles. The Bertz CT molecular complexity index is 1590. The van der Waals surface area contributed by atoms with Crippen LogP contribution in [0, 0.1) is 0 Å². The summed E-state index contributed by atoms with van der Waals surface area (Å²) in [6, 6.07) is 22.0. The molecule has 1 N–H and O–H groups in total. The smallest absolute Gasteiger partial charge is 0.273 e. The average Bonchev–Trinajstić information content (AvgIpc) is 3.36. The lowest BCUT2D eigenvalue weighted by Gasteiger charge is -2.22. The number of fused-ring (bicyclic) bond motifs is 2. The third-order valence-electron chi connectivity index (χ3n) is 6.16. The molecule has 3 aromatic carbocycles. The van der Waals surface area contributed by atoms with Gasteiger partial charge in [0.15, 0.2) is 0 Å². The molecule has 5 rings (SSSR count). The van der Waals surface area contributed by atoms with Crippen molar-refractivity contribution in [3.63, 3.8) is 0 Å². The minimum Gasteiger partial charge on any atom is -0.366 e. The van der Waals surface area contributed by atoms with Crippen molar-refractivity contribution in [2.75, 3.05) is 11.4 Å². The standard InChI is InChI=1S/C27H22Cl2N2O3S2/c1-17-15-31(16-18-9-10-19-5-2-3-6-21(19)13-18)26-20(7-4-8-22(17)26)11-12-24(32)30-36(33,34)25-14-23(28)27(29)35-25/h2-14,17H,15-16H2,1H3,(H,30,32)/b12-11+. The molecule has 1 aliphatic heterocycles. The van der Waals surface area contributed by atoms with Crippen LogP contribution in [0.25, 0.3) is 16.8 Å². The summed E-state index contributed by atoms with van der Waals surface area (Å²) in [5, 5.41) is 2.53. The van der Waals surface area contributed by atoms with Crippen LogP contribution in [0.5, 0.6) is 0 Å². The van der Waals surface area contributed by atoms with Crippen LogP contribution in [0.15, 0.2) is 77.0 Å². The molecular formula is C27H22Cl2N2O3S2. The molecular weight excluding hydrogens is 535 g/mol. The molecule has 5 nitrogen and oxygen atoms in total. The van der Waals surface area contributed by atoms with Gasteiger partial charge in [0, 0.05) is 30.8 Å². The zero-order chi connectivity index (χ0) is 25.4. The van der Waals surface area contributed by atoms with Crippen LogP contribution in [0.4, 0.5) is 5.69 Å². The normalized spacial score (nSPS) is 15.5. The fraction of sp³-hybridized carbons (Fsp3) is 0.148. The Hall–Kier alpha value is -2.84. The number of rotatable bonds is 6. The number of thiophene rings is 1. The molecule has 9 heteroatoms. The number of carbonyl (C=O) groups is 1. The van der Waals surface area contributed by atoms with Crippen molar-refractivity contribution in [1.82, 2.24) is 4.72 Å². The van der Waals surface area contributed by atoms with E-state index < -0.39 is 15.9 Å². The van der Waals surface area contributed by atoms with Crippen molar-refractivity contribution < 1.29 is 13.2 Å². The fourth-order valence-electron chi connectivity index (χ4n) is 4.54. The topological polar surface area (TPSA) is 66.5 Å². The van der Waals surface area contributed by atoms with Gasteiger partial charge in [-0.25, -0.2) is 13.1 Å². The van der Waals surface area contributed by atoms with Gasteiger partial charge < -0.3 is 4.90 Å². The van der Waals surface area contributed by atoms with E-state index in [2.05, 4.69) is 52.9 Å². The summed E-state index contributed by atoms with van der Waals surface area (Å²) in [5.41, 5.74) is 4.31. The SMILES string of the molecule is CC1CN(Cc2ccc3ccccc3c2)c2c(/C=C/C(=O)NS(=O)(=O)c3cc(Cl)c(Cl)s3)cccc21. The van der Waals surface area contributed by atoms with Crippen LogP contribution < -0.4 is 9.62 Å². The van der Waals surface area contributed by atoms with E-state index in [9.17, 15) is 13.2 Å². The lowest BCUT2D eigenvalue weighted by Crippen LogP contribution is -2.28. The van der Waals surface area contributed by atoms with E-state index in [1.54, 1.807) is 6.08 Å². The molecule has 0 saturated heterocycles. The van der Waals surface area contributed by atoms with Crippen molar-refractivity contribution in [1.29, 1.82) is 0 Å². The zero-order valence-corrected chi connectivity index (χ0v) is 22.4. The first kappa shape index (κ1) is 24.8. The lowest BCUT2D eigenvalue weighted by molar-refractivity contribution is -0.114. The highest BCUT2D eigenvalue weighted by Gasteiger charge is 2.27. The quantitative estimate of drug-likeness (QED) is 0.264. The van der Waals surface area contributed by atoms with Crippen molar-refractivity contribution >= 4 is 73.0 Å². The summed E-state index contributed by atoms with van der Waals surface area (Å²) in [6.45, 7) is 3.77. The van der Waals surface area contributed by atoms with Crippen molar-refractivity contribution in [2.24, 2.45) is 0 Å². The van der Waals surface area contributed by atoms with Gasteiger partial charge in [0.2, 0.25) is 0 Å². The van der Waals surface area contributed by atoms with E-state index in [4.69, 9.17) is 23.2 Å². The highest BCUT2D eigenvalue weighted by Crippen LogP contribution is 2.40. The van der Waals surface area contributed by atoms with Crippen molar-refractivity contribution in [3.05, 3.63) is 98.9 Å². The second-order valence-electron chi connectivity index (χ2n) is 8.74. The number of nitrogens with zero attached hydrogens (tertiary/aromatic N) is 1. The van der Waals surface area contributed by atoms with Crippen LogP contribution in [-0.4, -0.2) is 20.9 Å². The molecule has 4 aromatic rings. The van der Waals surface area contributed by atoms with Gasteiger partial charge in [-0.2, -0.15) is 0 Å². The zero-order valence-electron chi connectivity index (χ0n) is 19.2. The van der Waals surface area contributed by atoms with Gasteiger partial charge in [0.05, 0.1) is 5.02 Å². The number of amides is 1. The Balaban J connectivity index is 1.38. The van der Waals surface area contributed by atoms with E-state index in [1.165, 1.54) is 34.0 Å². The lowest BCUT2D eigenvalue weighted by atomic mass is 10.0. The highest BCUT2D eigenvalue weighted by molar-refractivity contribution is 7.92. The van der Waals surface area contributed by atoms with Crippen LogP contribution in [-0.2, 0) is 21.4 Å². The first-order valence-corrected chi connectivity index (χ1v) is 14.3. The number of carbonyl (C=O) groups excluding carboxylic acids is 1. The van der Waals surface area contributed by atoms with Crippen LogP contribution in [0.3, 0.4) is 0 Å².